The van der Waals surface area contributed by atoms with Crippen LogP contribution in [0.1, 0.15) is 11.7 Å². The van der Waals surface area contributed by atoms with Gasteiger partial charge in [-0.1, -0.05) is 24.3 Å². The van der Waals surface area contributed by atoms with Gasteiger partial charge < -0.3 is 15.2 Å². The Morgan fingerprint density at radius 2 is 1.88 bits per heavy atom. The zero-order valence-electron chi connectivity index (χ0n) is 12.9. The summed E-state index contributed by atoms with van der Waals surface area (Å²) in [5, 5.41) is 13.5. The lowest BCUT2D eigenvalue weighted by atomic mass is 10.1. The van der Waals surface area contributed by atoms with Crippen molar-refractivity contribution in [1.29, 1.82) is 0 Å². The Bertz CT molecular complexity index is 913. The van der Waals surface area contributed by atoms with Gasteiger partial charge in [-0.05, 0) is 29.8 Å². The van der Waals surface area contributed by atoms with Crippen LogP contribution in [-0.4, -0.2) is 28.2 Å². The van der Waals surface area contributed by atoms with Crippen molar-refractivity contribution in [2.24, 2.45) is 0 Å². The lowest BCUT2D eigenvalue weighted by Gasteiger charge is -2.13. The van der Waals surface area contributed by atoms with E-state index in [0.29, 0.717) is 16.5 Å². The molecule has 1 unspecified atom stereocenters. The molecule has 2 aromatic carbocycles. The number of ether oxygens (including phenoxy) is 1. The normalized spacial score (nSPS) is 12.3. The number of fused-ring (bicyclic) bond motifs is 1. The number of hydrogen-bond acceptors (Lipinski definition) is 5. The third-order valence-corrected chi connectivity index (χ3v) is 3.57. The quantitative estimate of drug-likeness (QED) is 0.638. The number of hydrogen-bond donors (Lipinski definition) is 3. The molecule has 0 bridgehead atoms. The molecule has 3 rings (SSSR count). The highest BCUT2D eigenvalue weighted by atomic mass is 19.3. The number of aliphatic hydroxyl groups is 1. The Balaban J connectivity index is 1.67. The summed E-state index contributed by atoms with van der Waals surface area (Å²) in [6.45, 7) is -2.82. The maximum atomic E-state index is 12.1. The molecule has 0 saturated carbocycles. The second-order valence-electron chi connectivity index (χ2n) is 5.28. The van der Waals surface area contributed by atoms with Crippen molar-refractivity contribution in [3.8, 4) is 5.75 Å². The predicted molar refractivity (Wildman–Crippen MR) is 88.9 cm³/mol. The van der Waals surface area contributed by atoms with E-state index in [-0.39, 0.29) is 23.8 Å². The lowest BCUT2D eigenvalue weighted by Crippen LogP contribution is -2.17. The fourth-order valence-corrected chi connectivity index (χ4v) is 2.35. The molecule has 0 aliphatic heterocycles. The molecule has 1 atom stereocenters. The molecule has 3 N–H and O–H groups in total. The van der Waals surface area contributed by atoms with Crippen LogP contribution in [0.2, 0.25) is 0 Å². The number of alkyl halides is 2. The van der Waals surface area contributed by atoms with Crippen molar-refractivity contribution in [2.75, 3.05) is 11.9 Å². The number of nitrogens with one attached hydrogen (secondary N) is 2. The predicted octanol–water partition coefficient (Wildman–Crippen LogP) is 2.67. The van der Waals surface area contributed by atoms with Crippen molar-refractivity contribution < 1.29 is 18.6 Å². The average Bonchev–Trinajstić information content (AvgIpc) is 2.60. The zero-order valence-corrected chi connectivity index (χ0v) is 12.9. The molecule has 0 amide bonds. The number of rotatable bonds is 6. The van der Waals surface area contributed by atoms with Crippen LogP contribution >= 0.6 is 0 Å². The average molecular weight is 347 g/mol. The van der Waals surface area contributed by atoms with Crippen molar-refractivity contribution in [1.82, 2.24) is 9.97 Å². The van der Waals surface area contributed by atoms with Crippen LogP contribution in [0, 0.1) is 0 Å². The molecule has 25 heavy (non-hydrogen) atoms. The van der Waals surface area contributed by atoms with Crippen LogP contribution in [0.3, 0.4) is 0 Å². The van der Waals surface area contributed by atoms with Crippen LogP contribution in [0.5, 0.6) is 5.75 Å². The minimum absolute atomic E-state index is 0.0134. The molecule has 0 aliphatic carbocycles. The lowest BCUT2D eigenvalue weighted by molar-refractivity contribution is -0.0498. The Morgan fingerprint density at radius 1 is 1.16 bits per heavy atom. The molecule has 0 radical (unpaired) electrons. The fraction of sp³-hybridized carbons (Fsp3) is 0.176. The van der Waals surface area contributed by atoms with Gasteiger partial charge in [0, 0.05) is 6.54 Å². The van der Waals surface area contributed by atoms with Gasteiger partial charge in [0.15, 0.2) is 0 Å². The summed E-state index contributed by atoms with van der Waals surface area (Å²) in [4.78, 5) is 18.8. The molecule has 0 saturated heterocycles. The topological polar surface area (TPSA) is 87.2 Å². The van der Waals surface area contributed by atoms with E-state index in [4.69, 9.17) is 0 Å². The second-order valence-corrected chi connectivity index (χ2v) is 5.28. The number of aliphatic hydroxyl groups excluding tert-OH is 1. The van der Waals surface area contributed by atoms with E-state index in [1.54, 1.807) is 24.3 Å². The smallest absolute Gasteiger partial charge is 0.387 e. The Morgan fingerprint density at radius 3 is 2.60 bits per heavy atom. The first kappa shape index (κ1) is 16.8. The van der Waals surface area contributed by atoms with Gasteiger partial charge in [-0.2, -0.15) is 8.78 Å². The highest BCUT2D eigenvalue weighted by molar-refractivity contribution is 5.78. The molecule has 8 heteroatoms. The summed E-state index contributed by atoms with van der Waals surface area (Å²) in [6.07, 6.45) is -0.919. The van der Waals surface area contributed by atoms with Crippen LogP contribution in [0.4, 0.5) is 14.7 Å². The monoisotopic (exact) mass is 347 g/mol. The third-order valence-electron chi connectivity index (χ3n) is 3.57. The number of aromatic nitrogens is 2. The minimum atomic E-state index is -2.90. The number of halogens is 2. The van der Waals surface area contributed by atoms with E-state index >= 15 is 0 Å². The molecular formula is C17H15F2N3O3. The Hall–Kier alpha value is -3.00. The maximum absolute atomic E-state index is 12.1. The zero-order chi connectivity index (χ0) is 17.8. The number of anilines is 1. The second kappa shape index (κ2) is 7.27. The molecule has 130 valence electrons. The van der Waals surface area contributed by atoms with Crippen molar-refractivity contribution in [2.45, 2.75) is 12.7 Å². The largest absolute Gasteiger partial charge is 0.435 e. The molecular weight excluding hydrogens is 332 g/mol. The van der Waals surface area contributed by atoms with Crippen LogP contribution in [0.15, 0.2) is 53.3 Å². The summed E-state index contributed by atoms with van der Waals surface area (Å²) in [6, 6.07) is 12.6. The Labute approximate surface area is 141 Å². The van der Waals surface area contributed by atoms with Gasteiger partial charge in [-0.15, -0.1) is 0 Å². The van der Waals surface area contributed by atoms with Crippen LogP contribution < -0.4 is 15.6 Å². The first-order valence-electron chi connectivity index (χ1n) is 7.48. The highest BCUT2D eigenvalue weighted by Gasteiger charge is 2.10. The van der Waals surface area contributed by atoms with Gasteiger partial charge in [-0.3, -0.25) is 9.78 Å². The SMILES string of the molecule is O=c1[nH]c(NCC(O)c2ccc(OC(F)F)cc2)nc2ccccc12. The summed E-state index contributed by atoms with van der Waals surface area (Å²) in [7, 11) is 0. The first-order valence-corrected chi connectivity index (χ1v) is 7.48. The van der Waals surface area contributed by atoms with Crippen LogP contribution in [0.25, 0.3) is 10.9 Å². The van der Waals surface area contributed by atoms with E-state index in [9.17, 15) is 18.7 Å². The van der Waals surface area contributed by atoms with E-state index in [2.05, 4.69) is 20.0 Å². The van der Waals surface area contributed by atoms with E-state index in [1.165, 1.54) is 24.3 Å². The van der Waals surface area contributed by atoms with Gasteiger partial charge in [0.1, 0.15) is 5.75 Å². The maximum Gasteiger partial charge on any atom is 0.387 e. The van der Waals surface area contributed by atoms with E-state index < -0.39 is 12.7 Å². The third kappa shape index (κ3) is 4.10. The van der Waals surface area contributed by atoms with Crippen molar-refractivity contribution >= 4 is 16.9 Å². The molecule has 1 heterocycles. The molecule has 1 aromatic heterocycles. The standard InChI is InChI=1S/C17H15F2N3O3/c18-16(19)25-11-7-5-10(6-8-11)14(23)9-20-17-21-13-4-2-1-3-12(13)15(24)22-17/h1-8,14,16,23H,9H2,(H2,20,21,22,24). The molecule has 0 spiro atoms. The minimum Gasteiger partial charge on any atom is -0.435 e. The summed E-state index contributed by atoms with van der Waals surface area (Å²) in [5.41, 5.74) is 0.769. The number of nitrogens with zero attached hydrogens (tertiary/aromatic N) is 1. The van der Waals surface area contributed by atoms with Gasteiger partial charge in [0.05, 0.1) is 17.0 Å². The van der Waals surface area contributed by atoms with E-state index in [1.807, 2.05) is 0 Å². The van der Waals surface area contributed by atoms with Crippen LogP contribution in [-0.2, 0) is 0 Å². The van der Waals surface area contributed by atoms with Gasteiger partial charge in [0.25, 0.3) is 5.56 Å². The molecule has 6 nitrogen and oxygen atoms in total. The molecule has 0 aliphatic rings. The van der Waals surface area contributed by atoms with Gasteiger partial charge in [0.2, 0.25) is 5.95 Å². The van der Waals surface area contributed by atoms with Crippen molar-refractivity contribution in [3.05, 3.63) is 64.4 Å². The fourth-order valence-electron chi connectivity index (χ4n) is 2.35. The Kier molecular flexibility index (Phi) is 4.90. The van der Waals surface area contributed by atoms with Gasteiger partial charge in [-0.25, -0.2) is 4.98 Å². The summed E-state index contributed by atoms with van der Waals surface area (Å²) < 4.78 is 28.5. The van der Waals surface area contributed by atoms with E-state index in [0.717, 1.165) is 0 Å². The first-order chi connectivity index (χ1) is 12.0. The molecule has 0 fully saturated rings. The van der Waals surface area contributed by atoms with Crippen molar-refractivity contribution in [3.63, 3.8) is 0 Å². The number of benzene rings is 2. The number of para-hydroxylation sites is 1. The highest BCUT2D eigenvalue weighted by Crippen LogP contribution is 2.19. The number of H-pyrrole nitrogens is 1. The summed E-state index contributed by atoms with van der Waals surface area (Å²) in [5.74, 6) is 0.250. The van der Waals surface area contributed by atoms with Gasteiger partial charge >= 0.3 is 6.61 Å². The summed E-state index contributed by atoms with van der Waals surface area (Å²) >= 11 is 0. The number of aromatic amines is 1. The molecule has 3 aromatic rings.